The van der Waals surface area contributed by atoms with Crippen LogP contribution in [0.2, 0.25) is 5.02 Å². The number of aryl methyl sites for hydroxylation is 1. The first-order chi connectivity index (χ1) is 13.7. The van der Waals surface area contributed by atoms with Gasteiger partial charge in [-0.1, -0.05) is 71.8 Å². The van der Waals surface area contributed by atoms with Crippen molar-refractivity contribution >= 4 is 33.2 Å². The Kier molecular flexibility index (Phi) is 6.25. The molecule has 0 bridgehead atoms. The molecule has 2 N–H and O–H groups in total. The molecule has 3 aromatic carbocycles. The van der Waals surface area contributed by atoms with Crippen LogP contribution in [0.1, 0.15) is 33.1 Å². The number of carbonyl (C=O) groups is 1. The first kappa shape index (κ1) is 20.9. The van der Waals surface area contributed by atoms with E-state index in [1.54, 1.807) is 0 Å². The molecule has 0 heterocycles. The molecule has 0 radical (unpaired) electrons. The summed E-state index contributed by atoms with van der Waals surface area (Å²) in [6.45, 7) is 2.00. The minimum atomic E-state index is -3.47. The van der Waals surface area contributed by atoms with Crippen molar-refractivity contribution in [3.8, 4) is 0 Å². The molecule has 0 saturated heterocycles. The van der Waals surface area contributed by atoms with Crippen LogP contribution in [0.3, 0.4) is 0 Å². The van der Waals surface area contributed by atoms with Gasteiger partial charge in [0.1, 0.15) is 0 Å². The van der Waals surface area contributed by atoms with Gasteiger partial charge in [0.15, 0.2) is 0 Å². The molecule has 3 aromatic rings. The topological polar surface area (TPSA) is 75.3 Å². The lowest BCUT2D eigenvalue weighted by molar-refractivity contribution is 0.0943. The van der Waals surface area contributed by atoms with Crippen LogP contribution in [0.5, 0.6) is 0 Å². The van der Waals surface area contributed by atoms with Gasteiger partial charge in [0.25, 0.3) is 5.91 Å². The highest BCUT2D eigenvalue weighted by atomic mass is 35.5. The van der Waals surface area contributed by atoms with Gasteiger partial charge >= 0.3 is 0 Å². The molecule has 0 aliphatic carbocycles. The summed E-state index contributed by atoms with van der Waals surface area (Å²) in [6.07, 6.45) is 1.05. The second-order valence-corrected chi connectivity index (χ2v) is 8.95. The number of sulfonamides is 1. The summed E-state index contributed by atoms with van der Waals surface area (Å²) in [5, 5.41) is 3.25. The van der Waals surface area contributed by atoms with E-state index in [1.165, 1.54) is 18.2 Å². The number of carbonyl (C=O) groups excluding carboxylic acids is 1. The predicted molar refractivity (Wildman–Crippen MR) is 117 cm³/mol. The molecule has 3 rings (SSSR count). The van der Waals surface area contributed by atoms with Crippen molar-refractivity contribution in [2.45, 2.75) is 13.0 Å². The van der Waals surface area contributed by atoms with Crippen molar-refractivity contribution in [1.29, 1.82) is 0 Å². The summed E-state index contributed by atoms with van der Waals surface area (Å²) >= 11 is 6.22. The summed E-state index contributed by atoms with van der Waals surface area (Å²) in [5.41, 5.74) is 3.43. The first-order valence-electron chi connectivity index (χ1n) is 8.92. The maximum atomic E-state index is 13.0. The van der Waals surface area contributed by atoms with E-state index in [2.05, 4.69) is 10.0 Å². The van der Waals surface area contributed by atoms with Crippen LogP contribution in [0.15, 0.2) is 72.8 Å². The molecular formula is C22H21ClN2O3S. The maximum absolute atomic E-state index is 13.0. The van der Waals surface area contributed by atoms with Gasteiger partial charge in [-0.15, -0.1) is 0 Å². The predicted octanol–water partition coefficient (Wildman–Crippen LogP) is 4.54. The molecule has 0 unspecified atom stereocenters. The fourth-order valence-electron chi connectivity index (χ4n) is 2.95. The average molecular weight is 429 g/mol. The number of amides is 1. The summed E-state index contributed by atoms with van der Waals surface area (Å²) < 4.78 is 25.4. The van der Waals surface area contributed by atoms with Crippen molar-refractivity contribution in [3.63, 3.8) is 0 Å². The number of benzene rings is 3. The SMILES string of the molecule is Cc1ccc([C@@H](NC(=O)c2cc(NS(C)(=O)=O)ccc2Cl)c2ccccc2)cc1. The second kappa shape index (κ2) is 8.68. The van der Waals surface area contributed by atoms with Crippen LogP contribution in [-0.4, -0.2) is 20.6 Å². The molecule has 0 aliphatic rings. The molecule has 0 aliphatic heterocycles. The normalized spacial score (nSPS) is 12.2. The van der Waals surface area contributed by atoms with Crippen LogP contribution in [0, 0.1) is 6.92 Å². The van der Waals surface area contributed by atoms with E-state index < -0.39 is 15.9 Å². The highest BCUT2D eigenvalue weighted by molar-refractivity contribution is 7.92. The Morgan fingerprint density at radius 3 is 2.17 bits per heavy atom. The molecule has 0 saturated carbocycles. The third-order valence-corrected chi connectivity index (χ3v) is 5.27. The number of halogens is 1. The van der Waals surface area contributed by atoms with Crippen LogP contribution in [0.4, 0.5) is 5.69 Å². The summed E-state index contributed by atoms with van der Waals surface area (Å²) in [5.74, 6) is -0.401. The largest absolute Gasteiger partial charge is 0.341 e. The lowest BCUT2D eigenvalue weighted by Crippen LogP contribution is -2.29. The van der Waals surface area contributed by atoms with Crippen LogP contribution in [-0.2, 0) is 10.0 Å². The van der Waals surface area contributed by atoms with Crippen molar-refractivity contribution in [1.82, 2.24) is 5.32 Å². The number of hydrogen-bond acceptors (Lipinski definition) is 3. The van der Waals surface area contributed by atoms with Gasteiger partial charge in [0.05, 0.1) is 22.9 Å². The summed E-state index contributed by atoms with van der Waals surface area (Å²) in [4.78, 5) is 13.0. The lowest BCUT2D eigenvalue weighted by Gasteiger charge is -2.21. The van der Waals surface area contributed by atoms with Crippen LogP contribution < -0.4 is 10.0 Å². The Balaban J connectivity index is 1.95. The fraction of sp³-hybridized carbons (Fsp3) is 0.136. The molecule has 1 amide bonds. The standard InChI is InChI=1S/C22H21ClN2O3S/c1-15-8-10-17(11-9-15)21(16-6-4-3-5-7-16)24-22(26)19-14-18(12-13-20(19)23)25-29(2,27)28/h3-14,21,25H,1-2H3,(H,24,26)/t21-/m0/s1. The van der Waals surface area contributed by atoms with Gasteiger partial charge in [-0.05, 0) is 36.2 Å². The van der Waals surface area contributed by atoms with Gasteiger partial charge < -0.3 is 5.32 Å². The van der Waals surface area contributed by atoms with E-state index in [0.29, 0.717) is 0 Å². The van der Waals surface area contributed by atoms with E-state index in [4.69, 9.17) is 11.6 Å². The zero-order chi connectivity index (χ0) is 21.0. The van der Waals surface area contributed by atoms with E-state index in [9.17, 15) is 13.2 Å². The van der Waals surface area contributed by atoms with Crippen molar-refractivity contribution in [3.05, 3.63) is 100 Å². The van der Waals surface area contributed by atoms with Crippen molar-refractivity contribution in [2.24, 2.45) is 0 Å². The van der Waals surface area contributed by atoms with Gasteiger partial charge in [0, 0.05) is 5.69 Å². The molecule has 150 valence electrons. The Morgan fingerprint density at radius 2 is 1.55 bits per heavy atom. The number of anilines is 1. The van der Waals surface area contributed by atoms with E-state index in [1.807, 2.05) is 61.5 Å². The molecule has 29 heavy (non-hydrogen) atoms. The minimum absolute atomic E-state index is 0.188. The van der Waals surface area contributed by atoms with Gasteiger partial charge in [-0.2, -0.15) is 0 Å². The molecule has 0 fully saturated rings. The third kappa shape index (κ3) is 5.59. The molecule has 5 nitrogen and oxygen atoms in total. The Morgan fingerprint density at radius 1 is 0.931 bits per heavy atom. The van der Waals surface area contributed by atoms with E-state index in [-0.39, 0.29) is 22.3 Å². The quantitative estimate of drug-likeness (QED) is 0.605. The smallest absolute Gasteiger partial charge is 0.253 e. The first-order valence-corrected chi connectivity index (χ1v) is 11.2. The maximum Gasteiger partial charge on any atom is 0.253 e. The molecule has 0 aromatic heterocycles. The fourth-order valence-corrected chi connectivity index (χ4v) is 3.71. The van der Waals surface area contributed by atoms with Crippen molar-refractivity contribution in [2.75, 3.05) is 11.0 Å². The Bertz CT molecular complexity index is 1110. The number of hydrogen-bond donors (Lipinski definition) is 2. The molecule has 7 heteroatoms. The second-order valence-electron chi connectivity index (χ2n) is 6.80. The highest BCUT2D eigenvalue weighted by Gasteiger charge is 2.20. The highest BCUT2D eigenvalue weighted by Crippen LogP contribution is 2.26. The van der Waals surface area contributed by atoms with E-state index >= 15 is 0 Å². The Labute approximate surface area is 175 Å². The average Bonchev–Trinajstić information content (AvgIpc) is 2.68. The summed E-state index contributed by atoms with van der Waals surface area (Å²) in [7, 11) is -3.47. The van der Waals surface area contributed by atoms with Gasteiger partial charge in [-0.25, -0.2) is 8.42 Å². The minimum Gasteiger partial charge on any atom is -0.341 e. The van der Waals surface area contributed by atoms with Crippen LogP contribution >= 0.6 is 11.6 Å². The third-order valence-electron chi connectivity index (χ3n) is 4.33. The van der Waals surface area contributed by atoms with Crippen molar-refractivity contribution < 1.29 is 13.2 Å². The Hall–Kier alpha value is -2.83. The lowest BCUT2D eigenvalue weighted by atomic mass is 9.97. The molecular weight excluding hydrogens is 408 g/mol. The van der Waals surface area contributed by atoms with E-state index in [0.717, 1.165) is 22.9 Å². The van der Waals surface area contributed by atoms with Gasteiger partial charge in [0.2, 0.25) is 10.0 Å². The number of rotatable bonds is 6. The zero-order valence-corrected chi connectivity index (χ0v) is 17.6. The van der Waals surface area contributed by atoms with Crippen LogP contribution in [0.25, 0.3) is 0 Å². The zero-order valence-electron chi connectivity index (χ0n) is 16.0. The molecule has 1 atom stereocenters. The monoisotopic (exact) mass is 428 g/mol. The summed E-state index contributed by atoms with van der Waals surface area (Å²) in [6, 6.07) is 21.6. The van der Waals surface area contributed by atoms with Gasteiger partial charge in [-0.3, -0.25) is 9.52 Å². The molecule has 0 spiro atoms. The number of nitrogens with one attached hydrogen (secondary N) is 2.